The molecule has 20 heavy (non-hydrogen) atoms. The summed E-state index contributed by atoms with van der Waals surface area (Å²) in [6.07, 6.45) is 0. The first kappa shape index (κ1) is 13.0. The smallest absolute Gasteiger partial charge is 0.126 e. The zero-order valence-corrected chi connectivity index (χ0v) is 12.6. The van der Waals surface area contributed by atoms with Crippen LogP contribution in [0.2, 0.25) is 0 Å². The van der Waals surface area contributed by atoms with Gasteiger partial charge >= 0.3 is 0 Å². The third-order valence-electron chi connectivity index (χ3n) is 3.92. The largest absolute Gasteiger partial charge is 0.492 e. The molecule has 0 bridgehead atoms. The average Bonchev–Trinajstić information content (AvgIpc) is 2.69. The lowest BCUT2D eigenvalue weighted by Crippen LogP contribution is -2.18. The van der Waals surface area contributed by atoms with Gasteiger partial charge in [0.1, 0.15) is 5.75 Å². The molecule has 0 unspecified atom stereocenters. The first-order valence-corrected chi connectivity index (χ1v) is 7.07. The molecular weight excluding hydrogens is 246 g/mol. The van der Waals surface area contributed by atoms with Gasteiger partial charge in [0.2, 0.25) is 0 Å². The quantitative estimate of drug-likeness (QED) is 0.850. The molecule has 2 aromatic carbocycles. The molecular formula is C18H21NO. The number of hydrogen-bond donors (Lipinski definition) is 1. The van der Waals surface area contributed by atoms with E-state index in [1.807, 2.05) is 0 Å². The Morgan fingerprint density at radius 3 is 2.40 bits per heavy atom. The molecule has 0 amide bonds. The third-order valence-corrected chi connectivity index (χ3v) is 3.92. The van der Waals surface area contributed by atoms with Gasteiger partial charge in [0.05, 0.1) is 6.61 Å². The summed E-state index contributed by atoms with van der Waals surface area (Å²) < 4.78 is 5.84. The van der Waals surface area contributed by atoms with Crippen molar-refractivity contribution in [2.45, 2.75) is 33.1 Å². The van der Waals surface area contributed by atoms with Crippen molar-refractivity contribution in [3.63, 3.8) is 0 Å². The van der Waals surface area contributed by atoms with Gasteiger partial charge in [-0.25, -0.2) is 0 Å². The molecule has 0 fully saturated rings. The van der Waals surface area contributed by atoms with Crippen molar-refractivity contribution in [1.29, 1.82) is 0 Å². The molecule has 0 saturated carbocycles. The van der Waals surface area contributed by atoms with Crippen LogP contribution in [0, 0.1) is 13.8 Å². The number of nitrogens with one attached hydrogen (secondary N) is 1. The second-order valence-corrected chi connectivity index (χ2v) is 6.33. The van der Waals surface area contributed by atoms with E-state index in [9.17, 15) is 0 Å². The lowest BCUT2D eigenvalue weighted by atomic mass is 9.86. The number of anilines is 2. The minimum atomic E-state index is 0.0884. The molecule has 1 aliphatic rings. The molecule has 0 radical (unpaired) electrons. The summed E-state index contributed by atoms with van der Waals surface area (Å²) in [5, 5.41) is 3.48. The molecule has 0 aliphatic carbocycles. The van der Waals surface area contributed by atoms with E-state index in [-0.39, 0.29) is 5.41 Å². The average molecular weight is 267 g/mol. The zero-order chi connectivity index (χ0) is 14.3. The van der Waals surface area contributed by atoms with Crippen molar-refractivity contribution in [2.24, 2.45) is 0 Å². The van der Waals surface area contributed by atoms with Crippen LogP contribution in [0.3, 0.4) is 0 Å². The number of benzene rings is 2. The van der Waals surface area contributed by atoms with Crippen molar-refractivity contribution >= 4 is 11.4 Å². The Bertz CT molecular complexity index is 641. The molecule has 2 heteroatoms. The van der Waals surface area contributed by atoms with Gasteiger partial charge in [-0.05, 0) is 43.7 Å². The van der Waals surface area contributed by atoms with E-state index in [2.05, 4.69) is 69.4 Å². The minimum Gasteiger partial charge on any atom is -0.492 e. The van der Waals surface area contributed by atoms with Crippen LogP contribution in [0.1, 0.15) is 30.5 Å². The fourth-order valence-electron chi connectivity index (χ4n) is 2.67. The maximum atomic E-state index is 5.84. The van der Waals surface area contributed by atoms with Crippen LogP contribution in [0.25, 0.3) is 0 Å². The number of ether oxygens (including phenoxy) is 1. The molecule has 3 rings (SSSR count). The molecule has 1 aliphatic heterocycles. The van der Waals surface area contributed by atoms with Gasteiger partial charge < -0.3 is 10.1 Å². The van der Waals surface area contributed by atoms with Crippen LogP contribution >= 0.6 is 0 Å². The van der Waals surface area contributed by atoms with E-state index < -0.39 is 0 Å². The first-order valence-electron chi connectivity index (χ1n) is 7.07. The zero-order valence-electron chi connectivity index (χ0n) is 12.6. The summed E-state index contributed by atoms with van der Waals surface area (Å²) in [6.45, 7) is 9.43. The summed E-state index contributed by atoms with van der Waals surface area (Å²) in [7, 11) is 0. The Hall–Kier alpha value is -1.96. The number of aryl methyl sites for hydroxylation is 2. The van der Waals surface area contributed by atoms with Crippen LogP contribution in [0.5, 0.6) is 5.75 Å². The van der Waals surface area contributed by atoms with E-state index in [1.165, 1.54) is 16.7 Å². The summed E-state index contributed by atoms with van der Waals surface area (Å²) in [4.78, 5) is 0. The van der Waals surface area contributed by atoms with Crippen molar-refractivity contribution < 1.29 is 4.74 Å². The maximum absolute atomic E-state index is 5.84. The number of hydrogen-bond acceptors (Lipinski definition) is 2. The SMILES string of the molecule is Cc1ccc(Nc2cc(C)c3c(c2)C(C)(C)CO3)cc1. The van der Waals surface area contributed by atoms with Crippen molar-refractivity contribution in [2.75, 3.05) is 11.9 Å². The Morgan fingerprint density at radius 2 is 1.70 bits per heavy atom. The first-order chi connectivity index (χ1) is 9.45. The molecule has 0 aromatic heterocycles. The maximum Gasteiger partial charge on any atom is 0.126 e. The summed E-state index contributed by atoms with van der Waals surface area (Å²) in [6, 6.07) is 12.8. The molecule has 1 N–H and O–H groups in total. The highest BCUT2D eigenvalue weighted by Crippen LogP contribution is 2.42. The fraction of sp³-hybridized carbons (Fsp3) is 0.333. The van der Waals surface area contributed by atoms with Gasteiger partial charge in [-0.2, -0.15) is 0 Å². The van der Waals surface area contributed by atoms with Crippen LogP contribution in [0.4, 0.5) is 11.4 Å². The minimum absolute atomic E-state index is 0.0884. The van der Waals surface area contributed by atoms with E-state index in [0.29, 0.717) is 0 Å². The standard InChI is InChI=1S/C18H21NO/c1-12-5-7-14(8-6-12)19-15-9-13(2)17-16(10-15)18(3,4)11-20-17/h5-10,19H,11H2,1-4H3. The Balaban J connectivity index is 1.96. The van der Waals surface area contributed by atoms with Gasteiger partial charge in [-0.15, -0.1) is 0 Å². The molecule has 104 valence electrons. The van der Waals surface area contributed by atoms with Crippen molar-refractivity contribution in [1.82, 2.24) is 0 Å². The van der Waals surface area contributed by atoms with Gasteiger partial charge in [-0.3, -0.25) is 0 Å². The Labute approximate surface area is 120 Å². The normalized spacial score (nSPS) is 15.6. The van der Waals surface area contributed by atoms with E-state index in [0.717, 1.165) is 23.7 Å². The summed E-state index contributed by atoms with van der Waals surface area (Å²) in [5.41, 5.74) is 6.10. The van der Waals surface area contributed by atoms with Crippen LogP contribution in [-0.4, -0.2) is 6.61 Å². The molecule has 0 saturated heterocycles. The van der Waals surface area contributed by atoms with Crippen LogP contribution < -0.4 is 10.1 Å². The van der Waals surface area contributed by atoms with Crippen molar-refractivity contribution in [3.05, 3.63) is 53.1 Å². The highest BCUT2D eigenvalue weighted by atomic mass is 16.5. The van der Waals surface area contributed by atoms with Crippen molar-refractivity contribution in [3.8, 4) is 5.75 Å². The highest BCUT2D eigenvalue weighted by molar-refractivity contribution is 5.65. The molecule has 2 nitrogen and oxygen atoms in total. The predicted octanol–water partition coefficient (Wildman–Crippen LogP) is 4.72. The fourth-order valence-corrected chi connectivity index (χ4v) is 2.67. The third kappa shape index (κ3) is 2.26. The van der Waals surface area contributed by atoms with E-state index in [1.54, 1.807) is 0 Å². The molecule has 0 atom stereocenters. The Morgan fingerprint density at radius 1 is 1.00 bits per heavy atom. The van der Waals surface area contributed by atoms with Gasteiger partial charge in [0.25, 0.3) is 0 Å². The predicted molar refractivity (Wildman–Crippen MR) is 84.2 cm³/mol. The number of fused-ring (bicyclic) bond motifs is 1. The molecule has 1 heterocycles. The second-order valence-electron chi connectivity index (χ2n) is 6.33. The second kappa shape index (κ2) is 4.55. The van der Waals surface area contributed by atoms with Crippen LogP contribution in [0.15, 0.2) is 36.4 Å². The monoisotopic (exact) mass is 267 g/mol. The summed E-state index contributed by atoms with van der Waals surface area (Å²) in [5.74, 6) is 1.06. The highest BCUT2D eigenvalue weighted by Gasteiger charge is 2.33. The molecule has 0 spiro atoms. The van der Waals surface area contributed by atoms with Gasteiger partial charge in [0.15, 0.2) is 0 Å². The number of rotatable bonds is 2. The van der Waals surface area contributed by atoms with Crippen LogP contribution in [-0.2, 0) is 5.41 Å². The van der Waals surface area contributed by atoms with E-state index >= 15 is 0 Å². The van der Waals surface area contributed by atoms with E-state index in [4.69, 9.17) is 4.74 Å². The molecule has 2 aromatic rings. The summed E-state index contributed by atoms with van der Waals surface area (Å²) >= 11 is 0. The lowest BCUT2D eigenvalue weighted by Gasteiger charge is -2.17. The van der Waals surface area contributed by atoms with Gasteiger partial charge in [-0.1, -0.05) is 31.5 Å². The Kier molecular flexibility index (Phi) is 2.97. The lowest BCUT2D eigenvalue weighted by molar-refractivity contribution is 0.290. The topological polar surface area (TPSA) is 21.3 Å². The van der Waals surface area contributed by atoms with Gasteiger partial charge in [0, 0.05) is 22.4 Å².